The molecular formula is C33H33N5O4. The second-order valence-electron chi connectivity index (χ2n) is 12.8. The molecule has 3 aliphatic rings. The van der Waals surface area contributed by atoms with Gasteiger partial charge in [-0.05, 0) is 50.8 Å². The number of aromatic amines is 1. The van der Waals surface area contributed by atoms with E-state index in [1.165, 1.54) is 11.1 Å². The van der Waals surface area contributed by atoms with Crippen molar-refractivity contribution in [2.45, 2.75) is 52.3 Å². The summed E-state index contributed by atoms with van der Waals surface area (Å²) >= 11 is 0. The summed E-state index contributed by atoms with van der Waals surface area (Å²) in [5.74, 6) is -0.649. The summed E-state index contributed by atoms with van der Waals surface area (Å²) in [7, 11) is 0. The second kappa shape index (κ2) is 8.82. The van der Waals surface area contributed by atoms with Gasteiger partial charge in [-0.25, -0.2) is 4.79 Å². The molecule has 9 heteroatoms. The van der Waals surface area contributed by atoms with Crippen LogP contribution in [-0.4, -0.2) is 69.0 Å². The Morgan fingerprint density at radius 2 is 1.67 bits per heavy atom. The zero-order valence-corrected chi connectivity index (χ0v) is 24.1. The van der Waals surface area contributed by atoms with E-state index < -0.39 is 5.60 Å². The Morgan fingerprint density at radius 3 is 2.43 bits per heavy atom. The number of carbonyl (C=O) groups is 3. The minimum Gasteiger partial charge on any atom is -0.444 e. The number of nitrogens with zero attached hydrogens (tertiary/aromatic N) is 3. The number of hydrogen-bond donors (Lipinski definition) is 2. The molecule has 0 bridgehead atoms. The topological polar surface area (TPSA) is 99.7 Å². The highest BCUT2D eigenvalue weighted by Crippen LogP contribution is 2.45. The fourth-order valence-corrected chi connectivity index (χ4v) is 7.24. The van der Waals surface area contributed by atoms with Gasteiger partial charge in [-0.2, -0.15) is 0 Å². The number of piperazine rings is 1. The van der Waals surface area contributed by atoms with Gasteiger partial charge in [0.05, 0.1) is 27.7 Å². The Labute approximate surface area is 242 Å². The Kier molecular flexibility index (Phi) is 5.32. The molecule has 2 N–H and O–H groups in total. The maximum atomic E-state index is 13.3. The van der Waals surface area contributed by atoms with Gasteiger partial charge in [-0.15, -0.1) is 0 Å². The van der Waals surface area contributed by atoms with Crippen molar-refractivity contribution in [3.63, 3.8) is 0 Å². The van der Waals surface area contributed by atoms with Crippen molar-refractivity contribution >= 4 is 61.5 Å². The molecule has 5 heterocycles. The lowest BCUT2D eigenvalue weighted by Crippen LogP contribution is -2.49. The van der Waals surface area contributed by atoms with Crippen molar-refractivity contribution in [3.8, 4) is 0 Å². The number of hydrogen-bond acceptors (Lipinski definition) is 5. The molecule has 2 aromatic heterocycles. The molecule has 0 radical (unpaired) electrons. The van der Waals surface area contributed by atoms with Gasteiger partial charge >= 0.3 is 6.09 Å². The third-order valence-electron chi connectivity index (χ3n) is 8.95. The molecule has 0 saturated carbocycles. The average Bonchev–Trinajstić information content (AvgIpc) is 3.58. The predicted molar refractivity (Wildman–Crippen MR) is 162 cm³/mol. The lowest BCUT2D eigenvalue weighted by molar-refractivity contribution is 0.0139. The number of rotatable bonds is 2. The third-order valence-corrected chi connectivity index (χ3v) is 8.95. The van der Waals surface area contributed by atoms with Crippen LogP contribution >= 0.6 is 0 Å². The van der Waals surface area contributed by atoms with Gasteiger partial charge in [0.15, 0.2) is 0 Å². The zero-order chi connectivity index (χ0) is 28.9. The van der Waals surface area contributed by atoms with Crippen LogP contribution in [0.15, 0.2) is 36.4 Å². The molecule has 214 valence electrons. The van der Waals surface area contributed by atoms with Crippen molar-refractivity contribution in [1.82, 2.24) is 24.7 Å². The molecule has 5 aromatic rings. The smallest absolute Gasteiger partial charge is 0.410 e. The van der Waals surface area contributed by atoms with E-state index in [0.717, 1.165) is 82.7 Å². The first kappa shape index (κ1) is 25.3. The number of ether oxygens (including phenoxy) is 1. The molecule has 0 spiro atoms. The van der Waals surface area contributed by atoms with Crippen LogP contribution in [0.25, 0.3) is 43.6 Å². The molecular weight excluding hydrogens is 530 g/mol. The van der Waals surface area contributed by atoms with Crippen LogP contribution in [0.2, 0.25) is 0 Å². The molecule has 1 saturated heterocycles. The molecule has 1 fully saturated rings. The average molecular weight is 564 g/mol. The van der Waals surface area contributed by atoms with Gasteiger partial charge in [0.1, 0.15) is 5.60 Å². The Balaban J connectivity index is 1.21. The van der Waals surface area contributed by atoms with Crippen LogP contribution in [0.4, 0.5) is 4.79 Å². The van der Waals surface area contributed by atoms with Crippen LogP contribution in [0.3, 0.4) is 0 Å². The standard InChI is InChI=1S/C33H33N5O4/c1-33(2,3)42-32(41)37-14-12-36(13-15-37)17-18-9-10-20-22(16-18)34-27-23(20)25-26(31(40)35-30(25)39)24-21-8-4-6-19-7-5-11-38(28(19)21)29(24)27/h4,6,8-10,16,34H,5,7,11-15,17H2,1-3H3,(H,35,39,40). The van der Waals surface area contributed by atoms with Crippen molar-refractivity contribution in [3.05, 3.63) is 58.7 Å². The molecule has 3 amide bonds. The van der Waals surface area contributed by atoms with Gasteiger partial charge < -0.3 is 19.2 Å². The highest BCUT2D eigenvalue weighted by molar-refractivity contribution is 6.39. The molecule has 0 atom stereocenters. The summed E-state index contributed by atoms with van der Waals surface area (Å²) < 4.78 is 7.89. The first-order valence-corrected chi connectivity index (χ1v) is 14.8. The van der Waals surface area contributed by atoms with Crippen LogP contribution < -0.4 is 5.32 Å². The van der Waals surface area contributed by atoms with E-state index in [1.54, 1.807) is 4.90 Å². The van der Waals surface area contributed by atoms with Crippen molar-refractivity contribution in [1.29, 1.82) is 0 Å². The number of benzene rings is 3. The van der Waals surface area contributed by atoms with Gasteiger partial charge in [0.2, 0.25) is 0 Å². The maximum absolute atomic E-state index is 13.3. The molecule has 0 aliphatic carbocycles. The monoisotopic (exact) mass is 563 g/mol. The van der Waals surface area contributed by atoms with Gasteiger partial charge in [-0.1, -0.05) is 30.3 Å². The summed E-state index contributed by atoms with van der Waals surface area (Å²) in [6.07, 6.45) is 1.78. The summed E-state index contributed by atoms with van der Waals surface area (Å²) in [6, 6.07) is 12.7. The summed E-state index contributed by atoms with van der Waals surface area (Å²) in [6.45, 7) is 10.1. The first-order valence-electron chi connectivity index (χ1n) is 14.8. The van der Waals surface area contributed by atoms with E-state index >= 15 is 0 Å². The minimum atomic E-state index is -0.503. The molecule has 8 rings (SSSR count). The SMILES string of the molecule is CC(C)(C)OC(=O)N1CCN(Cc2ccc3c(c2)[nH]c2c3c3c(c4c5cccc6c5n(c24)CCC6)C(=O)NC3=O)CC1. The Morgan fingerprint density at radius 1 is 0.905 bits per heavy atom. The number of imide groups is 1. The number of aryl methyl sites for hydroxylation is 2. The van der Waals surface area contributed by atoms with E-state index in [1.807, 2.05) is 20.8 Å². The number of H-pyrrole nitrogens is 1. The first-order chi connectivity index (χ1) is 20.2. The minimum absolute atomic E-state index is 0.257. The molecule has 3 aromatic carbocycles. The van der Waals surface area contributed by atoms with E-state index in [4.69, 9.17) is 4.74 Å². The van der Waals surface area contributed by atoms with Gasteiger partial charge in [0.25, 0.3) is 11.8 Å². The highest BCUT2D eigenvalue weighted by atomic mass is 16.6. The van der Waals surface area contributed by atoms with Crippen molar-refractivity contribution < 1.29 is 19.1 Å². The fraction of sp³-hybridized carbons (Fsp3) is 0.364. The maximum Gasteiger partial charge on any atom is 0.410 e. The van der Waals surface area contributed by atoms with Gasteiger partial charge in [-0.3, -0.25) is 19.8 Å². The third kappa shape index (κ3) is 3.69. The number of para-hydroxylation sites is 1. The largest absolute Gasteiger partial charge is 0.444 e. The molecule has 3 aliphatic heterocycles. The highest BCUT2D eigenvalue weighted by Gasteiger charge is 2.36. The molecule has 0 unspecified atom stereocenters. The normalized spacial score (nSPS) is 17.5. The summed E-state index contributed by atoms with van der Waals surface area (Å²) in [4.78, 5) is 46.8. The quantitative estimate of drug-likeness (QED) is 0.284. The lowest BCUT2D eigenvalue weighted by atomic mass is 9.96. The van der Waals surface area contributed by atoms with Crippen LogP contribution in [0, 0.1) is 0 Å². The van der Waals surface area contributed by atoms with Gasteiger partial charge in [0, 0.05) is 66.3 Å². The number of amides is 3. The summed E-state index contributed by atoms with van der Waals surface area (Å²) in [5, 5.41) is 6.26. The number of carbonyl (C=O) groups excluding carboxylic acids is 3. The molecule has 9 nitrogen and oxygen atoms in total. The van der Waals surface area contributed by atoms with E-state index in [0.29, 0.717) is 24.2 Å². The van der Waals surface area contributed by atoms with E-state index in [9.17, 15) is 14.4 Å². The van der Waals surface area contributed by atoms with Crippen molar-refractivity contribution in [2.24, 2.45) is 0 Å². The van der Waals surface area contributed by atoms with Crippen molar-refractivity contribution in [2.75, 3.05) is 26.2 Å². The Hall–Kier alpha value is -4.37. The lowest BCUT2D eigenvalue weighted by Gasteiger charge is -2.35. The van der Waals surface area contributed by atoms with Crippen LogP contribution in [0.1, 0.15) is 59.0 Å². The number of aromatic nitrogens is 2. The van der Waals surface area contributed by atoms with E-state index in [-0.39, 0.29) is 17.9 Å². The molecule has 42 heavy (non-hydrogen) atoms. The predicted octanol–water partition coefficient (Wildman–Crippen LogP) is 5.31. The number of nitrogens with one attached hydrogen (secondary N) is 2. The Bertz CT molecular complexity index is 2000. The van der Waals surface area contributed by atoms with Crippen LogP contribution in [0.5, 0.6) is 0 Å². The van der Waals surface area contributed by atoms with Crippen LogP contribution in [-0.2, 0) is 24.2 Å². The second-order valence-corrected chi connectivity index (χ2v) is 12.8. The summed E-state index contributed by atoms with van der Waals surface area (Å²) in [5.41, 5.74) is 6.94. The number of fused-ring (bicyclic) bond motifs is 10. The zero-order valence-electron chi connectivity index (χ0n) is 24.1. The van der Waals surface area contributed by atoms with E-state index in [2.05, 4.69) is 56.2 Å². The fourth-order valence-electron chi connectivity index (χ4n) is 7.24.